The van der Waals surface area contributed by atoms with Gasteiger partial charge in [0.25, 0.3) is 0 Å². The van der Waals surface area contributed by atoms with Gasteiger partial charge in [0.2, 0.25) is 0 Å². The van der Waals surface area contributed by atoms with Gasteiger partial charge in [-0.15, -0.1) is 0 Å². The van der Waals surface area contributed by atoms with Gasteiger partial charge < -0.3 is 4.74 Å². The molecule has 20 heavy (non-hydrogen) atoms. The Balaban J connectivity index is 1.98. The third-order valence-electron chi connectivity index (χ3n) is 2.81. The summed E-state index contributed by atoms with van der Waals surface area (Å²) in [5, 5.41) is 0. The van der Waals surface area contributed by atoms with Gasteiger partial charge in [-0.25, -0.2) is 0 Å². The van der Waals surface area contributed by atoms with Crippen LogP contribution in [0.1, 0.15) is 29.8 Å². The summed E-state index contributed by atoms with van der Waals surface area (Å²) in [5.74, 6) is 0.794. The smallest absolute Gasteiger partial charge is 0.185 e. The third-order valence-corrected chi connectivity index (χ3v) is 2.81. The molecule has 0 aliphatic rings. The minimum atomic E-state index is 0.0274. The van der Waals surface area contributed by atoms with E-state index in [1.165, 1.54) is 0 Å². The summed E-state index contributed by atoms with van der Waals surface area (Å²) in [6, 6.07) is 17.2. The fourth-order valence-electron chi connectivity index (χ4n) is 1.80. The molecule has 0 aliphatic carbocycles. The van der Waals surface area contributed by atoms with E-state index in [9.17, 15) is 4.79 Å². The first kappa shape index (κ1) is 14.1. The van der Waals surface area contributed by atoms with Crippen LogP contribution < -0.4 is 4.74 Å². The van der Waals surface area contributed by atoms with Crippen molar-refractivity contribution in [1.82, 2.24) is 0 Å². The van der Waals surface area contributed by atoms with E-state index in [4.69, 9.17) is 4.74 Å². The first-order valence-electron chi connectivity index (χ1n) is 6.61. The van der Waals surface area contributed by atoms with Crippen LogP contribution in [0.25, 0.3) is 0 Å². The van der Waals surface area contributed by atoms with Crippen molar-refractivity contribution in [2.45, 2.75) is 20.5 Å². The average Bonchev–Trinajstić information content (AvgIpc) is 2.46. The highest BCUT2D eigenvalue weighted by Gasteiger charge is 2.03. The molecule has 0 N–H and O–H groups in total. The number of rotatable bonds is 5. The number of ether oxygens (including phenoxy) is 1. The fraction of sp³-hybridized carbons (Fsp3) is 0.167. The minimum absolute atomic E-state index is 0.0274. The largest absolute Gasteiger partial charge is 0.489 e. The zero-order chi connectivity index (χ0) is 14.4. The Morgan fingerprint density at radius 2 is 1.65 bits per heavy atom. The van der Waals surface area contributed by atoms with Crippen molar-refractivity contribution in [1.29, 1.82) is 0 Å². The lowest BCUT2D eigenvalue weighted by molar-refractivity contribution is 0.104. The first-order chi connectivity index (χ1) is 9.65. The summed E-state index contributed by atoms with van der Waals surface area (Å²) in [4.78, 5) is 11.8. The van der Waals surface area contributed by atoms with E-state index in [-0.39, 0.29) is 5.78 Å². The second kappa shape index (κ2) is 6.71. The standard InChI is InChI=1S/C18H18O2/c1-14(2)12-18(19)16-8-10-17(11-9-16)20-13-15-6-4-3-5-7-15/h3-12H,13H2,1-2H3. The van der Waals surface area contributed by atoms with Crippen LogP contribution in [0.15, 0.2) is 66.2 Å². The van der Waals surface area contributed by atoms with E-state index in [0.717, 1.165) is 16.9 Å². The summed E-state index contributed by atoms with van der Waals surface area (Å²) in [6.07, 6.45) is 1.64. The number of hydrogen-bond donors (Lipinski definition) is 0. The van der Waals surface area contributed by atoms with E-state index >= 15 is 0 Å². The van der Waals surface area contributed by atoms with Gasteiger partial charge in [-0.2, -0.15) is 0 Å². The van der Waals surface area contributed by atoms with E-state index < -0.39 is 0 Å². The van der Waals surface area contributed by atoms with Crippen molar-refractivity contribution in [3.05, 3.63) is 77.4 Å². The Hall–Kier alpha value is -2.35. The van der Waals surface area contributed by atoms with Crippen LogP contribution in [0.3, 0.4) is 0 Å². The van der Waals surface area contributed by atoms with Crippen LogP contribution in [-0.2, 0) is 6.61 Å². The van der Waals surface area contributed by atoms with Gasteiger partial charge >= 0.3 is 0 Å². The molecule has 0 atom stereocenters. The maximum Gasteiger partial charge on any atom is 0.185 e. The Labute approximate surface area is 119 Å². The van der Waals surface area contributed by atoms with Gasteiger partial charge in [-0.1, -0.05) is 35.9 Å². The van der Waals surface area contributed by atoms with Crippen molar-refractivity contribution in [3.63, 3.8) is 0 Å². The maximum atomic E-state index is 11.8. The molecule has 2 aromatic carbocycles. The third kappa shape index (κ3) is 4.09. The lowest BCUT2D eigenvalue weighted by Gasteiger charge is -2.06. The molecule has 0 heterocycles. The Morgan fingerprint density at radius 1 is 1.00 bits per heavy atom. The SMILES string of the molecule is CC(C)=CC(=O)c1ccc(OCc2ccccc2)cc1. The molecule has 2 aromatic rings. The van der Waals surface area contributed by atoms with Crippen molar-refractivity contribution >= 4 is 5.78 Å². The normalized spacial score (nSPS) is 9.90. The fourth-order valence-corrected chi connectivity index (χ4v) is 1.80. The number of carbonyl (C=O) groups excluding carboxylic acids is 1. The molecular formula is C18H18O2. The lowest BCUT2D eigenvalue weighted by atomic mass is 10.1. The molecule has 0 saturated carbocycles. The predicted octanol–water partition coefficient (Wildman–Crippen LogP) is 4.41. The molecule has 0 amide bonds. The number of ketones is 1. The molecule has 0 saturated heterocycles. The molecule has 102 valence electrons. The predicted molar refractivity (Wildman–Crippen MR) is 81.0 cm³/mol. The monoisotopic (exact) mass is 266 g/mol. The number of allylic oxidation sites excluding steroid dienone is 2. The van der Waals surface area contributed by atoms with E-state index in [2.05, 4.69) is 0 Å². The summed E-state index contributed by atoms with van der Waals surface area (Å²) in [7, 11) is 0. The van der Waals surface area contributed by atoms with E-state index in [0.29, 0.717) is 12.2 Å². The molecule has 0 bridgehead atoms. The summed E-state index contributed by atoms with van der Waals surface area (Å²) in [6.45, 7) is 4.35. The van der Waals surface area contributed by atoms with Crippen molar-refractivity contribution in [2.75, 3.05) is 0 Å². The van der Waals surface area contributed by atoms with Gasteiger partial charge in [-0.05, 0) is 49.8 Å². The van der Waals surface area contributed by atoms with Crippen LogP contribution in [0, 0.1) is 0 Å². The Bertz CT molecular complexity index is 591. The molecule has 0 fully saturated rings. The first-order valence-corrected chi connectivity index (χ1v) is 6.61. The molecule has 2 nitrogen and oxygen atoms in total. The average molecular weight is 266 g/mol. The van der Waals surface area contributed by atoms with Crippen molar-refractivity contribution in [2.24, 2.45) is 0 Å². The second-order valence-electron chi connectivity index (χ2n) is 4.88. The number of carbonyl (C=O) groups is 1. The van der Waals surface area contributed by atoms with E-state index in [1.807, 2.05) is 56.3 Å². The van der Waals surface area contributed by atoms with Gasteiger partial charge in [0.15, 0.2) is 5.78 Å². The highest BCUT2D eigenvalue weighted by Crippen LogP contribution is 2.15. The molecule has 0 spiro atoms. The molecule has 2 heteroatoms. The zero-order valence-corrected chi connectivity index (χ0v) is 11.8. The van der Waals surface area contributed by atoms with Crippen LogP contribution in [0.2, 0.25) is 0 Å². The van der Waals surface area contributed by atoms with Gasteiger partial charge in [0, 0.05) is 5.56 Å². The summed E-state index contributed by atoms with van der Waals surface area (Å²) in [5.41, 5.74) is 2.80. The van der Waals surface area contributed by atoms with Crippen LogP contribution in [0.4, 0.5) is 0 Å². The molecule has 2 rings (SSSR count). The number of hydrogen-bond acceptors (Lipinski definition) is 2. The molecular weight excluding hydrogens is 248 g/mol. The molecule has 0 aromatic heterocycles. The van der Waals surface area contributed by atoms with Crippen LogP contribution in [0.5, 0.6) is 5.75 Å². The summed E-state index contributed by atoms with van der Waals surface area (Å²) >= 11 is 0. The van der Waals surface area contributed by atoms with E-state index in [1.54, 1.807) is 18.2 Å². The van der Waals surface area contributed by atoms with Crippen molar-refractivity contribution in [3.8, 4) is 5.75 Å². The van der Waals surface area contributed by atoms with Crippen molar-refractivity contribution < 1.29 is 9.53 Å². The molecule has 0 aliphatic heterocycles. The maximum absolute atomic E-state index is 11.8. The van der Waals surface area contributed by atoms with Gasteiger partial charge in [0.1, 0.15) is 12.4 Å². The van der Waals surface area contributed by atoms with Crippen LogP contribution >= 0.6 is 0 Å². The number of benzene rings is 2. The zero-order valence-electron chi connectivity index (χ0n) is 11.8. The Kier molecular flexibility index (Phi) is 4.72. The molecule has 0 radical (unpaired) electrons. The minimum Gasteiger partial charge on any atom is -0.489 e. The Morgan fingerprint density at radius 3 is 2.25 bits per heavy atom. The van der Waals surface area contributed by atoms with Gasteiger partial charge in [-0.3, -0.25) is 4.79 Å². The highest BCUT2D eigenvalue weighted by molar-refractivity contribution is 6.04. The van der Waals surface area contributed by atoms with Crippen LogP contribution in [-0.4, -0.2) is 5.78 Å². The highest BCUT2D eigenvalue weighted by atomic mass is 16.5. The van der Waals surface area contributed by atoms with Gasteiger partial charge in [0.05, 0.1) is 0 Å². The topological polar surface area (TPSA) is 26.3 Å². The summed E-state index contributed by atoms with van der Waals surface area (Å²) < 4.78 is 5.68. The second-order valence-corrected chi connectivity index (χ2v) is 4.88. The lowest BCUT2D eigenvalue weighted by Crippen LogP contribution is -1.97. The molecule has 0 unspecified atom stereocenters. The quantitative estimate of drug-likeness (QED) is 0.591.